The number of amides is 3. The SMILES string of the molecule is C[C@@H]1CN([C@@H](C)CO)C(=O)c2cc(NC(=O)NC3CCCCC3)ccc2O[C@H]1CN(C)Cc1ccc(C(F)(F)F)cc1. The molecule has 11 heteroatoms. The van der Waals surface area contributed by atoms with E-state index in [2.05, 4.69) is 10.6 Å². The number of hydrogen-bond acceptors (Lipinski definition) is 5. The average molecular weight is 591 g/mol. The zero-order chi connectivity index (χ0) is 30.4. The van der Waals surface area contributed by atoms with Gasteiger partial charge in [0.2, 0.25) is 0 Å². The summed E-state index contributed by atoms with van der Waals surface area (Å²) in [5.74, 6) is -0.0515. The van der Waals surface area contributed by atoms with Gasteiger partial charge in [0.15, 0.2) is 0 Å². The molecule has 1 aliphatic heterocycles. The maximum absolute atomic E-state index is 13.7. The van der Waals surface area contributed by atoms with Crippen LogP contribution in [0.15, 0.2) is 42.5 Å². The molecule has 230 valence electrons. The highest BCUT2D eigenvalue weighted by atomic mass is 19.4. The molecule has 3 amide bonds. The van der Waals surface area contributed by atoms with Crippen molar-refractivity contribution in [3.8, 4) is 5.75 Å². The van der Waals surface area contributed by atoms with E-state index in [9.17, 15) is 27.9 Å². The van der Waals surface area contributed by atoms with Crippen molar-refractivity contribution in [1.82, 2.24) is 15.1 Å². The molecule has 2 aliphatic rings. The number of aliphatic hydroxyl groups excluding tert-OH is 1. The molecule has 0 saturated heterocycles. The average Bonchev–Trinajstić information content (AvgIpc) is 2.95. The van der Waals surface area contributed by atoms with Gasteiger partial charge in [0, 0.05) is 37.3 Å². The Morgan fingerprint density at radius 2 is 1.83 bits per heavy atom. The molecule has 3 atom stereocenters. The second-order valence-electron chi connectivity index (χ2n) is 11.7. The van der Waals surface area contributed by atoms with E-state index in [-0.39, 0.29) is 42.2 Å². The van der Waals surface area contributed by atoms with Crippen LogP contribution in [-0.4, -0.2) is 71.8 Å². The minimum atomic E-state index is -4.39. The largest absolute Gasteiger partial charge is 0.488 e. The lowest BCUT2D eigenvalue weighted by molar-refractivity contribution is -0.137. The van der Waals surface area contributed by atoms with E-state index < -0.39 is 17.8 Å². The standard InChI is InChI=1S/C31H41F3N4O4/c1-20-16-38(21(2)19-39)29(40)26-15-25(36-30(41)35-24-7-5-4-6-8-24)13-14-27(26)42-28(20)18-37(3)17-22-9-11-23(12-10-22)31(32,33)34/h9-15,20-21,24,28,39H,4-8,16-19H2,1-3H3,(H2,35,36,41)/t20-,21+,28+/m1/s1. The van der Waals surface area contributed by atoms with Gasteiger partial charge in [0.05, 0.1) is 23.8 Å². The van der Waals surface area contributed by atoms with Crippen molar-refractivity contribution >= 4 is 17.6 Å². The van der Waals surface area contributed by atoms with Gasteiger partial charge < -0.3 is 25.4 Å². The summed E-state index contributed by atoms with van der Waals surface area (Å²) in [6.07, 6.45) is 0.513. The normalized spacial score (nSPS) is 20.8. The first-order valence-electron chi connectivity index (χ1n) is 14.6. The molecule has 1 saturated carbocycles. The molecule has 0 spiro atoms. The van der Waals surface area contributed by atoms with Gasteiger partial charge in [-0.2, -0.15) is 13.2 Å². The smallest absolute Gasteiger partial charge is 0.416 e. The van der Waals surface area contributed by atoms with E-state index in [1.165, 1.54) is 18.6 Å². The number of carbonyl (C=O) groups is 2. The Morgan fingerprint density at radius 1 is 1.14 bits per heavy atom. The Hall–Kier alpha value is -3.31. The van der Waals surface area contributed by atoms with Crippen molar-refractivity contribution in [3.63, 3.8) is 0 Å². The number of rotatable bonds is 8. The Bertz CT molecular complexity index is 1220. The summed E-state index contributed by atoms with van der Waals surface area (Å²) in [4.78, 5) is 29.9. The summed E-state index contributed by atoms with van der Waals surface area (Å²) in [5, 5.41) is 15.8. The first-order valence-corrected chi connectivity index (χ1v) is 14.6. The van der Waals surface area contributed by atoms with E-state index >= 15 is 0 Å². The number of likely N-dealkylation sites (N-methyl/N-ethyl adjacent to an activating group) is 1. The fraction of sp³-hybridized carbons (Fsp3) is 0.548. The molecule has 1 aliphatic carbocycles. The minimum Gasteiger partial charge on any atom is -0.488 e. The molecule has 1 heterocycles. The fourth-order valence-electron chi connectivity index (χ4n) is 5.60. The number of aliphatic hydroxyl groups is 1. The number of anilines is 1. The molecule has 0 unspecified atom stereocenters. The number of alkyl halides is 3. The lowest BCUT2D eigenvalue weighted by Crippen LogP contribution is -2.49. The van der Waals surface area contributed by atoms with Crippen molar-refractivity contribution in [1.29, 1.82) is 0 Å². The molecule has 0 bridgehead atoms. The number of benzene rings is 2. The van der Waals surface area contributed by atoms with Crippen LogP contribution in [0.1, 0.15) is 67.4 Å². The molecule has 4 rings (SSSR count). The Labute approximate surface area is 245 Å². The van der Waals surface area contributed by atoms with E-state index in [0.717, 1.165) is 43.4 Å². The Morgan fingerprint density at radius 3 is 2.48 bits per heavy atom. The zero-order valence-corrected chi connectivity index (χ0v) is 24.4. The highest BCUT2D eigenvalue weighted by Crippen LogP contribution is 2.32. The maximum Gasteiger partial charge on any atom is 0.416 e. The number of hydrogen-bond donors (Lipinski definition) is 3. The van der Waals surface area contributed by atoms with E-state index in [1.54, 1.807) is 30.0 Å². The summed E-state index contributed by atoms with van der Waals surface area (Å²) in [5.41, 5.74) is 0.788. The van der Waals surface area contributed by atoms with Crippen molar-refractivity contribution < 1.29 is 32.6 Å². The monoisotopic (exact) mass is 590 g/mol. The molecular formula is C31H41F3N4O4. The predicted octanol–water partition coefficient (Wildman–Crippen LogP) is 5.51. The number of nitrogens with zero attached hydrogens (tertiary/aromatic N) is 2. The van der Waals surface area contributed by atoms with Crippen LogP contribution >= 0.6 is 0 Å². The highest BCUT2D eigenvalue weighted by Gasteiger charge is 2.34. The molecular weight excluding hydrogens is 549 g/mol. The first kappa shape index (κ1) is 31.6. The van der Waals surface area contributed by atoms with Gasteiger partial charge in [-0.05, 0) is 62.7 Å². The molecule has 3 N–H and O–H groups in total. The number of fused-ring (bicyclic) bond motifs is 1. The number of halogens is 3. The Balaban J connectivity index is 1.51. The van der Waals surface area contributed by atoms with Crippen molar-refractivity contribution in [3.05, 3.63) is 59.2 Å². The van der Waals surface area contributed by atoms with E-state index in [1.807, 2.05) is 18.9 Å². The number of nitrogens with one attached hydrogen (secondary N) is 2. The first-order chi connectivity index (χ1) is 19.9. The van der Waals surface area contributed by atoms with Crippen LogP contribution in [0.2, 0.25) is 0 Å². The molecule has 2 aromatic carbocycles. The van der Waals surface area contributed by atoms with E-state index in [0.29, 0.717) is 31.1 Å². The third kappa shape index (κ3) is 8.16. The summed E-state index contributed by atoms with van der Waals surface area (Å²) in [7, 11) is 1.87. The second kappa shape index (κ2) is 13.8. The molecule has 42 heavy (non-hydrogen) atoms. The highest BCUT2D eigenvalue weighted by molar-refractivity contribution is 5.99. The van der Waals surface area contributed by atoms with Gasteiger partial charge in [-0.3, -0.25) is 9.69 Å². The van der Waals surface area contributed by atoms with Gasteiger partial charge in [0.1, 0.15) is 11.9 Å². The van der Waals surface area contributed by atoms with Crippen molar-refractivity contribution in [2.24, 2.45) is 5.92 Å². The third-order valence-corrected chi connectivity index (χ3v) is 8.09. The quantitative estimate of drug-likeness (QED) is 0.377. The molecule has 0 aromatic heterocycles. The van der Waals surface area contributed by atoms with Crippen LogP contribution in [0.3, 0.4) is 0 Å². The lowest BCUT2D eigenvalue weighted by Gasteiger charge is -2.38. The van der Waals surface area contributed by atoms with Crippen molar-refractivity contribution in [2.45, 2.75) is 76.9 Å². The topological polar surface area (TPSA) is 94.1 Å². The lowest BCUT2D eigenvalue weighted by atomic mass is 9.96. The van der Waals surface area contributed by atoms with E-state index in [4.69, 9.17) is 4.74 Å². The van der Waals surface area contributed by atoms with Crippen LogP contribution in [0.4, 0.5) is 23.7 Å². The van der Waals surface area contributed by atoms with Crippen molar-refractivity contribution in [2.75, 3.05) is 32.1 Å². The van der Waals surface area contributed by atoms with Gasteiger partial charge in [-0.1, -0.05) is 38.3 Å². The summed E-state index contributed by atoms with van der Waals surface area (Å²) in [6.45, 7) is 4.72. The minimum absolute atomic E-state index is 0.120. The predicted molar refractivity (Wildman–Crippen MR) is 154 cm³/mol. The summed E-state index contributed by atoms with van der Waals surface area (Å²) < 4.78 is 45.3. The zero-order valence-electron chi connectivity index (χ0n) is 24.4. The summed E-state index contributed by atoms with van der Waals surface area (Å²) >= 11 is 0. The van der Waals surface area contributed by atoms with Gasteiger partial charge in [0.25, 0.3) is 5.91 Å². The molecule has 0 radical (unpaired) electrons. The van der Waals surface area contributed by atoms with Crippen LogP contribution in [0.5, 0.6) is 5.75 Å². The van der Waals surface area contributed by atoms with Gasteiger partial charge in [-0.15, -0.1) is 0 Å². The molecule has 2 aromatic rings. The van der Waals surface area contributed by atoms with Crippen LogP contribution in [0, 0.1) is 5.92 Å². The number of ether oxygens (including phenoxy) is 1. The molecule has 1 fully saturated rings. The maximum atomic E-state index is 13.7. The number of carbonyl (C=O) groups excluding carboxylic acids is 2. The number of urea groups is 1. The van der Waals surface area contributed by atoms with Crippen LogP contribution in [-0.2, 0) is 12.7 Å². The van der Waals surface area contributed by atoms with Crippen LogP contribution < -0.4 is 15.4 Å². The van der Waals surface area contributed by atoms with Gasteiger partial charge >= 0.3 is 12.2 Å². The second-order valence-corrected chi connectivity index (χ2v) is 11.7. The fourth-order valence-corrected chi connectivity index (χ4v) is 5.60. The van der Waals surface area contributed by atoms with Gasteiger partial charge in [-0.25, -0.2) is 4.79 Å². The Kier molecular flexibility index (Phi) is 10.4. The molecule has 8 nitrogen and oxygen atoms in total. The third-order valence-electron chi connectivity index (χ3n) is 8.09. The summed E-state index contributed by atoms with van der Waals surface area (Å²) in [6, 6.07) is 9.45. The van der Waals surface area contributed by atoms with Crippen LogP contribution in [0.25, 0.3) is 0 Å².